The average molecular weight is 263 g/mol. The largest absolute Gasteiger partial charge is 0.505 e. The maximum atomic E-state index is 12.5. The van der Waals surface area contributed by atoms with Crippen molar-refractivity contribution in [2.24, 2.45) is 0 Å². The molecule has 1 heterocycles. The van der Waals surface area contributed by atoms with Crippen LogP contribution in [0.25, 0.3) is 0 Å². The lowest BCUT2D eigenvalue weighted by Gasteiger charge is -2.08. The number of hydrogen-bond acceptors (Lipinski definition) is 3. The summed E-state index contributed by atoms with van der Waals surface area (Å²) in [5.41, 5.74) is -0.446. The van der Waals surface area contributed by atoms with Gasteiger partial charge in [0.05, 0.1) is 34.4 Å². The third-order valence-electron chi connectivity index (χ3n) is 1.58. The summed E-state index contributed by atoms with van der Waals surface area (Å²) in [5.74, 6) is -0.359. The smallest absolute Gasteiger partial charge is 0.266 e. The summed E-state index contributed by atoms with van der Waals surface area (Å²) in [5, 5.41) is 17.5. The van der Waals surface area contributed by atoms with Crippen molar-refractivity contribution in [2.75, 3.05) is 0 Å². The first-order valence-electron chi connectivity index (χ1n) is 3.59. The molecule has 0 bridgehead atoms. The van der Waals surface area contributed by atoms with Crippen LogP contribution >= 0.6 is 15.9 Å². The summed E-state index contributed by atoms with van der Waals surface area (Å²) in [7, 11) is 0. The Morgan fingerprint density at radius 2 is 2.29 bits per heavy atom. The van der Waals surface area contributed by atoms with Gasteiger partial charge in [-0.15, -0.1) is 0 Å². The Hall–Kier alpha value is -1.22. The van der Waals surface area contributed by atoms with E-state index in [9.17, 15) is 8.78 Å². The van der Waals surface area contributed by atoms with Crippen molar-refractivity contribution in [1.82, 2.24) is 4.98 Å². The number of aromatic hydroxyl groups is 1. The monoisotopic (exact) mass is 262 g/mol. The van der Waals surface area contributed by atoms with Crippen molar-refractivity contribution in [2.45, 2.75) is 12.8 Å². The van der Waals surface area contributed by atoms with Gasteiger partial charge in [0.1, 0.15) is 5.75 Å². The molecule has 0 saturated heterocycles. The Balaban J connectivity index is 3.31. The van der Waals surface area contributed by atoms with Crippen LogP contribution in [0.15, 0.2) is 10.7 Å². The van der Waals surface area contributed by atoms with E-state index in [1.165, 1.54) is 0 Å². The molecule has 1 N–H and O–H groups in total. The maximum absolute atomic E-state index is 12.5. The summed E-state index contributed by atoms with van der Waals surface area (Å²) in [4.78, 5) is 3.57. The molecule has 0 radical (unpaired) electrons. The quantitative estimate of drug-likeness (QED) is 0.891. The number of pyridine rings is 1. The van der Waals surface area contributed by atoms with E-state index in [0.717, 1.165) is 6.20 Å². The van der Waals surface area contributed by atoms with Crippen LogP contribution in [0.1, 0.15) is 17.7 Å². The lowest BCUT2D eigenvalue weighted by atomic mass is 10.1. The molecule has 6 heteroatoms. The standard InChI is InChI=1S/C8H5BrF2N2O/c9-7-5(14)3-13-4(1-2-12)6(7)8(10)11/h3,8,14H,1H2. The van der Waals surface area contributed by atoms with E-state index in [2.05, 4.69) is 20.9 Å². The molecule has 0 unspecified atom stereocenters. The number of nitriles is 1. The highest BCUT2D eigenvalue weighted by molar-refractivity contribution is 9.10. The SMILES string of the molecule is N#CCc1ncc(O)c(Br)c1C(F)F. The predicted octanol–water partition coefficient (Wildman–Crippen LogP) is 2.55. The van der Waals surface area contributed by atoms with E-state index in [1.54, 1.807) is 6.07 Å². The molecule has 1 aromatic rings. The fraction of sp³-hybridized carbons (Fsp3) is 0.250. The molecule has 74 valence electrons. The Kier molecular flexibility index (Phi) is 3.36. The molecule has 0 atom stereocenters. The van der Waals surface area contributed by atoms with Crippen LogP contribution in [0.4, 0.5) is 8.78 Å². The molecular weight excluding hydrogens is 258 g/mol. The fourth-order valence-corrected chi connectivity index (χ4v) is 1.47. The van der Waals surface area contributed by atoms with Gasteiger partial charge in [0, 0.05) is 0 Å². The lowest BCUT2D eigenvalue weighted by molar-refractivity contribution is 0.148. The van der Waals surface area contributed by atoms with Gasteiger partial charge in [0.15, 0.2) is 0 Å². The van der Waals surface area contributed by atoms with Crippen LogP contribution in [0, 0.1) is 11.3 Å². The van der Waals surface area contributed by atoms with E-state index in [4.69, 9.17) is 10.4 Å². The molecule has 14 heavy (non-hydrogen) atoms. The second-order valence-electron chi connectivity index (χ2n) is 2.45. The Labute approximate surface area is 87.1 Å². The summed E-state index contributed by atoms with van der Waals surface area (Å²) < 4.78 is 24.9. The third kappa shape index (κ3) is 1.99. The van der Waals surface area contributed by atoms with Gasteiger partial charge in [-0.1, -0.05) is 0 Å². The predicted molar refractivity (Wildman–Crippen MR) is 47.9 cm³/mol. The van der Waals surface area contributed by atoms with Crippen molar-refractivity contribution in [1.29, 1.82) is 5.26 Å². The van der Waals surface area contributed by atoms with Crippen molar-refractivity contribution in [3.8, 4) is 11.8 Å². The van der Waals surface area contributed by atoms with Gasteiger partial charge in [-0.3, -0.25) is 4.98 Å². The first-order valence-corrected chi connectivity index (χ1v) is 4.38. The average Bonchev–Trinajstić information content (AvgIpc) is 2.11. The molecule has 1 rings (SSSR count). The summed E-state index contributed by atoms with van der Waals surface area (Å²) in [6.07, 6.45) is -1.95. The minimum Gasteiger partial charge on any atom is -0.505 e. The molecule has 0 aliphatic heterocycles. The highest BCUT2D eigenvalue weighted by atomic mass is 79.9. The molecule has 3 nitrogen and oxygen atoms in total. The first kappa shape index (κ1) is 10.9. The molecule has 0 aliphatic carbocycles. The van der Waals surface area contributed by atoms with E-state index >= 15 is 0 Å². The van der Waals surface area contributed by atoms with Crippen LogP contribution in [0.2, 0.25) is 0 Å². The Morgan fingerprint density at radius 3 is 2.79 bits per heavy atom. The van der Waals surface area contributed by atoms with Crippen molar-refractivity contribution in [3.63, 3.8) is 0 Å². The highest BCUT2D eigenvalue weighted by Crippen LogP contribution is 2.35. The normalized spacial score (nSPS) is 10.2. The lowest BCUT2D eigenvalue weighted by Crippen LogP contribution is -1.99. The Bertz CT molecular complexity index is 390. The second kappa shape index (κ2) is 4.33. The number of aromatic nitrogens is 1. The first-order chi connectivity index (χ1) is 6.57. The maximum Gasteiger partial charge on any atom is 0.266 e. The zero-order chi connectivity index (χ0) is 10.7. The topological polar surface area (TPSA) is 56.9 Å². The van der Waals surface area contributed by atoms with Gasteiger partial charge >= 0.3 is 0 Å². The van der Waals surface area contributed by atoms with Crippen LogP contribution in [0.3, 0.4) is 0 Å². The van der Waals surface area contributed by atoms with Crippen LogP contribution in [-0.4, -0.2) is 10.1 Å². The number of rotatable bonds is 2. The molecule has 0 aliphatic rings. The van der Waals surface area contributed by atoms with Crippen LogP contribution in [-0.2, 0) is 6.42 Å². The minimum atomic E-state index is -2.77. The number of hydrogen-bond donors (Lipinski definition) is 1. The van der Waals surface area contributed by atoms with E-state index < -0.39 is 12.0 Å². The van der Waals surface area contributed by atoms with Gasteiger partial charge in [-0.25, -0.2) is 8.78 Å². The van der Waals surface area contributed by atoms with Gasteiger partial charge < -0.3 is 5.11 Å². The minimum absolute atomic E-state index is 0.0211. The summed E-state index contributed by atoms with van der Waals surface area (Å²) in [6.45, 7) is 0. The summed E-state index contributed by atoms with van der Waals surface area (Å²) in [6, 6.07) is 1.73. The van der Waals surface area contributed by atoms with Crippen LogP contribution in [0.5, 0.6) is 5.75 Å². The van der Waals surface area contributed by atoms with E-state index in [1.807, 2.05) is 0 Å². The van der Waals surface area contributed by atoms with Crippen molar-refractivity contribution >= 4 is 15.9 Å². The van der Waals surface area contributed by atoms with Crippen molar-refractivity contribution in [3.05, 3.63) is 21.9 Å². The number of nitrogens with zero attached hydrogens (tertiary/aromatic N) is 2. The van der Waals surface area contributed by atoms with Gasteiger partial charge in [0.25, 0.3) is 6.43 Å². The third-order valence-corrected chi connectivity index (χ3v) is 2.41. The molecule has 0 amide bonds. The van der Waals surface area contributed by atoms with Gasteiger partial charge in [0.2, 0.25) is 0 Å². The zero-order valence-electron chi connectivity index (χ0n) is 6.84. The number of halogens is 3. The Morgan fingerprint density at radius 1 is 1.64 bits per heavy atom. The molecule has 0 fully saturated rings. The molecule has 0 aromatic carbocycles. The highest BCUT2D eigenvalue weighted by Gasteiger charge is 2.20. The zero-order valence-corrected chi connectivity index (χ0v) is 8.42. The van der Waals surface area contributed by atoms with Gasteiger partial charge in [-0.2, -0.15) is 5.26 Å². The van der Waals surface area contributed by atoms with E-state index in [-0.39, 0.29) is 22.3 Å². The fourth-order valence-electron chi connectivity index (χ4n) is 0.967. The van der Waals surface area contributed by atoms with Gasteiger partial charge in [-0.05, 0) is 15.9 Å². The molecule has 0 spiro atoms. The number of alkyl halides is 2. The van der Waals surface area contributed by atoms with E-state index in [0.29, 0.717) is 0 Å². The molecule has 1 aromatic heterocycles. The molecular formula is C8H5BrF2N2O. The second-order valence-corrected chi connectivity index (χ2v) is 3.25. The van der Waals surface area contributed by atoms with Crippen LogP contribution < -0.4 is 0 Å². The summed E-state index contributed by atoms with van der Waals surface area (Å²) >= 11 is 2.82. The molecule has 0 saturated carbocycles. The van der Waals surface area contributed by atoms with Crippen molar-refractivity contribution < 1.29 is 13.9 Å².